The molecule has 1 aromatic heterocycles. The van der Waals surface area contributed by atoms with E-state index in [0.717, 1.165) is 10.9 Å². The number of carbonyl (C=O) groups is 3. The van der Waals surface area contributed by atoms with Crippen LogP contribution in [0.3, 0.4) is 0 Å². The second-order valence-corrected chi connectivity index (χ2v) is 6.89. The highest BCUT2D eigenvalue weighted by Gasteiger charge is 2.14. The number of hydrogen-bond acceptors (Lipinski definition) is 5. The third-order valence-electron chi connectivity index (χ3n) is 3.14. The Hall–Kier alpha value is -2.25. The predicted octanol–water partition coefficient (Wildman–Crippen LogP) is 3.99. The minimum Gasteiger partial charge on any atom is -0.456 e. The summed E-state index contributed by atoms with van der Waals surface area (Å²) in [5.74, 6) is -2.20. The minimum atomic E-state index is -0.691. The quantitative estimate of drug-likeness (QED) is 0.579. The van der Waals surface area contributed by atoms with E-state index in [-0.39, 0.29) is 29.3 Å². The first kappa shape index (κ1) is 19.1. The summed E-state index contributed by atoms with van der Waals surface area (Å²) in [6, 6.07) is 7.32. The van der Waals surface area contributed by atoms with Crippen LogP contribution in [0.2, 0.25) is 5.02 Å². The normalized spacial score (nSPS) is 10.4. The molecule has 0 saturated heterocycles. The van der Waals surface area contributed by atoms with Crippen LogP contribution in [-0.4, -0.2) is 24.3 Å². The molecule has 1 aromatic carbocycles. The molecule has 2 aromatic rings. The molecule has 0 saturated carbocycles. The average molecular weight is 384 g/mol. The number of aryl methyl sites for hydroxylation is 1. The molecular weight excluding hydrogens is 369 g/mol. The van der Waals surface area contributed by atoms with E-state index >= 15 is 0 Å². The molecule has 5 nitrogen and oxygen atoms in total. The Bertz CT molecular complexity index is 806. The number of ketones is 1. The van der Waals surface area contributed by atoms with Crippen LogP contribution in [0.5, 0.6) is 0 Å². The lowest BCUT2D eigenvalue weighted by atomic mass is 10.2. The number of thiophene rings is 1. The number of anilines is 1. The van der Waals surface area contributed by atoms with Gasteiger partial charge in [-0.15, -0.1) is 11.3 Å². The zero-order chi connectivity index (χ0) is 18.4. The van der Waals surface area contributed by atoms with Crippen molar-refractivity contribution in [3.05, 3.63) is 50.9 Å². The fourth-order valence-electron chi connectivity index (χ4n) is 1.92. The second kappa shape index (κ2) is 8.73. The van der Waals surface area contributed by atoms with Crippen LogP contribution in [-0.2, 0) is 14.3 Å². The molecule has 1 N–H and O–H groups in total. The third kappa shape index (κ3) is 5.95. The van der Waals surface area contributed by atoms with Gasteiger partial charge in [-0.3, -0.25) is 14.4 Å². The SMILES string of the molecule is Cc1ccc(C(=O)CCC(=O)OCC(=O)Nc2ccc(Cl)cc2F)s1. The van der Waals surface area contributed by atoms with E-state index in [9.17, 15) is 18.8 Å². The van der Waals surface area contributed by atoms with Gasteiger partial charge < -0.3 is 10.1 Å². The van der Waals surface area contributed by atoms with E-state index in [4.69, 9.17) is 16.3 Å². The highest BCUT2D eigenvalue weighted by molar-refractivity contribution is 7.14. The molecule has 0 unspecified atom stereocenters. The van der Waals surface area contributed by atoms with E-state index in [1.54, 1.807) is 6.07 Å². The van der Waals surface area contributed by atoms with Crippen LogP contribution in [0.25, 0.3) is 0 Å². The number of halogens is 2. The molecule has 0 aliphatic rings. The van der Waals surface area contributed by atoms with Gasteiger partial charge in [-0.25, -0.2) is 4.39 Å². The molecule has 0 atom stereocenters. The Morgan fingerprint density at radius 1 is 1.20 bits per heavy atom. The fourth-order valence-corrected chi connectivity index (χ4v) is 2.91. The average Bonchev–Trinajstić information content (AvgIpc) is 3.00. The molecule has 0 bridgehead atoms. The number of hydrogen-bond donors (Lipinski definition) is 1. The van der Waals surface area contributed by atoms with Crippen molar-refractivity contribution in [3.63, 3.8) is 0 Å². The molecule has 8 heteroatoms. The van der Waals surface area contributed by atoms with Crippen molar-refractivity contribution >= 4 is 46.3 Å². The van der Waals surface area contributed by atoms with Gasteiger partial charge in [0.15, 0.2) is 12.4 Å². The number of ether oxygens (including phenoxy) is 1. The molecule has 0 spiro atoms. The number of rotatable bonds is 7. The van der Waals surface area contributed by atoms with Crippen molar-refractivity contribution in [2.75, 3.05) is 11.9 Å². The van der Waals surface area contributed by atoms with Gasteiger partial charge >= 0.3 is 5.97 Å². The molecule has 1 amide bonds. The molecule has 1 heterocycles. The van der Waals surface area contributed by atoms with Crippen LogP contribution in [0.4, 0.5) is 10.1 Å². The number of amides is 1. The maximum Gasteiger partial charge on any atom is 0.306 e. The molecule has 2 rings (SSSR count). The topological polar surface area (TPSA) is 72.5 Å². The largest absolute Gasteiger partial charge is 0.456 e. The molecule has 0 fully saturated rings. The van der Waals surface area contributed by atoms with Gasteiger partial charge in [0.25, 0.3) is 5.91 Å². The number of nitrogens with one attached hydrogen (secondary N) is 1. The molecule has 132 valence electrons. The lowest BCUT2D eigenvalue weighted by molar-refractivity contribution is -0.147. The summed E-state index contributed by atoms with van der Waals surface area (Å²) in [6.45, 7) is 1.32. The van der Waals surface area contributed by atoms with Gasteiger partial charge in [-0.2, -0.15) is 0 Å². The van der Waals surface area contributed by atoms with Gasteiger partial charge in [0, 0.05) is 16.3 Å². The maximum atomic E-state index is 13.5. The molecule has 25 heavy (non-hydrogen) atoms. The van der Waals surface area contributed by atoms with Gasteiger partial charge in [0.2, 0.25) is 0 Å². The highest BCUT2D eigenvalue weighted by atomic mass is 35.5. The lowest BCUT2D eigenvalue weighted by Gasteiger charge is -2.07. The summed E-state index contributed by atoms with van der Waals surface area (Å²) in [5, 5.41) is 2.47. The monoisotopic (exact) mass is 383 g/mol. The summed E-state index contributed by atoms with van der Waals surface area (Å²) < 4.78 is 18.3. The van der Waals surface area contributed by atoms with Crippen molar-refractivity contribution in [1.29, 1.82) is 0 Å². The highest BCUT2D eigenvalue weighted by Crippen LogP contribution is 2.19. The zero-order valence-electron chi connectivity index (χ0n) is 13.3. The van der Waals surface area contributed by atoms with Crippen LogP contribution >= 0.6 is 22.9 Å². The molecule has 0 radical (unpaired) electrons. The van der Waals surface area contributed by atoms with E-state index < -0.39 is 24.3 Å². The number of Topliss-reactive ketones (excluding diaryl/α,β-unsaturated/α-hetero) is 1. The van der Waals surface area contributed by atoms with Crippen LogP contribution < -0.4 is 5.32 Å². The van der Waals surface area contributed by atoms with Crippen LogP contribution in [0, 0.1) is 12.7 Å². The van der Waals surface area contributed by atoms with E-state index in [1.165, 1.54) is 23.5 Å². The van der Waals surface area contributed by atoms with Gasteiger partial charge in [0.05, 0.1) is 17.0 Å². The van der Waals surface area contributed by atoms with Crippen molar-refractivity contribution < 1.29 is 23.5 Å². The van der Waals surface area contributed by atoms with Crippen molar-refractivity contribution in [2.45, 2.75) is 19.8 Å². The van der Waals surface area contributed by atoms with E-state index in [1.807, 2.05) is 13.0 Å². The summed E-state index contributed by atoms with van der Waals surface area (Å²) in [4.78, 5) is 36.7. The summed E-state index contributed by atoms with van der Waals surface area (Å²) in [5.41, 5.74) is -0.0614. The van der Waals surface area contributed by atoms with Gasteiger partial charge in [-0.05, 0) is 37.3 Å². The van der Waals surface area contributed by atoms with E-state index in [0.29, 0.717) is 4.88 Å². The van der Waals surface area contributed by atoms with Crippen LogP contribution in [0.15, 0.2) is 30.3 Å². The predicted molar refractivity (Wildman–Crippen MR) is 93.6 cm³/mol. The van der Waals surface area contributed by atoms with E-state index in [2.05, 4.69) is 5.32 Å². The molecule has 0 aliphatic carbocycles. The Morgan fingerprint density at radius 2 is 1.96 bits per heavy atom. The number of carbonyl (C=O) groups excluding carboxylic acids is 3. The van der Waals surface area contributed by atoms with Gasteiger partial charge in [-0.1, -0.05) is 11.6 Å². The smallest absolute Gasteiger partial charge is 0.306 e. The Kier molecular flexibility index (Phi) is 6.66. The molecular formula is C17H15ClFNO4S. The van der Waals surface area contributed by atoms with Crippen molar-refractivity contribution in [2.24, 2.45) is 0 Å². The summed E-state index contributed by atoms with van der Waals surface area (Å²) in [7, 11) is 0. The zero-order valence-corrected chi connectivity index (χ0v) is 14.9. The number of esters is 1. The minimum absolute atomic E-state index is 0.00617. The number of benzene rings is 1. The second-order valence-electron chi connectivity index (χ2n) is 5.17. The molecule has 0 aliphatic heterocycles. The van der Waals surface area contributed by atoms with Crippen molar-refractivity contribution in [3.8, 4) is 0 Å². The van der Waals surface area contributed by atoms with Gasteiger partial charge in [0.1, 0.15) is 5.82 Å². The van der Waals surface area contributed by atoms with Crippen molar-refractivity contribution in [1.82, 2.24) is 0 Å². The summed E-state index contributed by atoms with van der Waals surface area (Å²) >= 11 is 6.97. The maximum absolute atomic E-state index is 13.5. The fraction of sp³-hybridized carbons (Fsp3) is 0.235. The summed E-state index contributed by atoms with van der Waals surface area (Å²) in [6.07, 6.45) is -0.120. The Morgan fingerprint density at radius 3 is 2.60 bits per heavy atom. The van der Waals surface area contributed by atoms with Crippen LogP contribution in [0.1, 0.15) is 27.4 Å². The first-order valence-electron chi connectivity index (χ1n) is 7.35. The first-order chi connectivity index (χ1) is 11.8. The third-order valence-corrected chi connectivity index (χ3v) is 4.42. The first-order valence-corrected chi connectivity index (χ1v) is 8.55. The lowest BCUT2D eigenvalue weighted by Crippen LogP contribution is -2.21. The standard InChI is InChI=1S/C17H15ClFNO4S/c1-10-2-6-15(25-10)14(21)5-7-17(23)24-9-16(22)20-13-4-3-11(18)8-12(13)19/h2-4,6,8H,5,7,9H2,1H3,(H,20,22). The Labute approximate surface area is 152 Å². The Balaban J connectivity index is 1.74.